The second-order valence-electron chi connectivity index (χ2n) is 13.3. The first-order valence-corrected chi connectivity index (χ1v) is 14.9. The molecule has 3 atom stereocenters. The number of ether oxygens (including phenoxy) is 1. The molecular weight excluding hydrogens is 576 g/mol. The topological polar surface area (TPSA) is 160 Å². The zero-order valence-electron chi connectivity index (χ0n) is 27.6. The molecule has 0 spiro atoms. The monoisotopic (exact) mass is 622 g/mol. The van der Waals surface area contributed by atoms with Gasteiger partial charge < -0.3 is 26.0 Å². The van der Waals surface area contributed by atoms with Crippen LogP contribution in [-0.4, -0.2) is 59.1 Å². The number of hydrogen-bond donors (Lipinski definition) is 4. The largest absolute Gasteiger partial charge is 0.456 e. The van der Waals surface area contributed by atoms with Gasteiger partial charge in [-0.25, -0.2) is 4.79 Å². The predicted molar refractivity (Wildman–Crippen MR) is 170 cm³/mol. The summed E-state index contributed by atoms with van der Waals surface area (Å²) in [5, 5.41) is 10.5. The highest BCUT2D eigenvalue weighted by Crippen LogP contribution is 2.20. The molecule has 11 nitrogen and oxygen atoms in total. The van der Waals surface area contributed by atoms with Crippen molar-refractivity contribution in [1.82, 2.24) is 21.3 Å². The first-order valence-electron chi connectivity index (χ1n) is 14.9. The Morgan fingerprint density at radius 3 is 1.89 bits per heavy atom. The van der Waals surface area contributed by atoms with E-state index in [2.05, 4.69) is 21.3 Å². The highest BCUT2D eigenvalue weighted by atomic mass is 16.6. The first kappa shape index (κ1) is 36.7. The van der Waals surface area contributed by atoms with Crippen molar-refractivity contribution in [2.75, 3.05) is 0 Å². The van der Waals surface area contributed by atoms with Crippen molar-refractivity contribution in [3.63, 3.8) is 0 Å². The third kappa shape index (κ3) is 11.5. The van der Waals surface area contributed by atoms with E-state index in [4.69, 9.17) is 4.74 Å². The van der Waals surface area contributed by atoms with Gasteiger partial charge in [-0.3, -0.25) is 24.0 Å². The Balaban J connectivity index is 2.03. The van der Waals surface area contributed by atoms with Crippen LogP contribution in [0.4, 0.5) is 0 Å². The van der Waals surface area contributed by atoms with Crippen LogP contribution < -0.4 is 21.3 Å². The van der Waals surface area contributed by atoms with Gasteiger partial charge in [0.15, 0.2) is 0 Å². The van der Waals surface area contributed by atoms with E-state index >= 15 is 0 Å². The molecule has 45 heavy (non-hydrogen) atoms. The van der Waals surface area contributed by atoms with E-state index in [1.807, 2.05) is 0 Å². The molecular formula is C34H46N4O7. The standard InChI is InChI=1S/C34H46N4O7/c1-20(2)25(26(39)30(42)35-19-22-14-13-17-24(18-22)32(44)45-34(7,8)9)37-28(40)21(3)36-31(43)27(33(4,5)6)38-29(41)23-15-11-10-12-16-23/h10-18,20-21,25,27H,19H2,1-9H3,(H,35,42)(H,36,43)(H,37,40)(H,38,41)/t21-,25-,27+/m0/s1. The molecule has 244 valence electrons. The van der Waals surface area contributed by atoms with Gasteiger partial charge in [-0.1, -0.05) is 65.0 Å². The van der Waals surface area contributed by atoms with Gasteiger partial charge in [-0.05, 0) is 68.9 Å². The summed E-state index contributed by atoms with van der Waals surface area (Å²) in [6, 6.07) is 11.7. The van der Waals surface area contributed by atoms with Gasteiger partial charge in [0.2, 0.25) is 17.6 Å². The number of amides is 4. The van der Waals surface area contributed by atoms with Gasteiger partial charge in [-0.2, -0.15) is 0 Å². The van der Waals surface area contributed by atoms with Crippen molar-refractivity contribution >= 4 is 35.4 Å². The smallest absolute Gasteiger partial charge is 0.338 e. The quantitative estimate of drug-likeness (QED) is 0.209. The SMILES string of the molecule is CC(C)[C@H](NC(=O)[C@H](C)NC(=O)[C@@H](NC(=O)c1ccccc1)C(C)(C)C)C(=O)C(=O)NCc1cccc(C(=O)OC(C)(C)C)c1. The van der Waals surface area contributed by atoms with Crippen LogP contribution in [0.2, 0.25) is 0 Å². The number of rotatable bonds is 12. The van der Waals surface area contributed by atoms with Crippen LogP contribution in [0.3, 0.4) is 0 Å². The fraction of sp³-hybridized carbons (Fsp3) is 0.471. The third-order valence-corrected chi connectivity index (χ3v) is 6.68. The summed E-state index contributed by atoms with van der Waals surface area (Å²) in [6.07, 6.45) is 0. The zero-order chi connectivity index (χ0) is 34.1. The lowest BCUT2D eigenvalue weighted by molar-refractivity contribution is -0.141. The Bertz CT molecular complexity index is 1390. The molecule has 0 fully saturated rings. The highest BCUT2D eigenvalue weighted by Gasteiger charge is 2.36. The lowest BCUT2D eigenvalue weighted by Gasteiger charge is -2.31. The lowest BCUT2D eigenvalue weighted by atomic mass is 9.85. The van der Waals surface area contributed by atoms with Gasteiger partial charge in [0, 0.05) is 12.1 Å². The van der Waals surface area contributed by atoms with E-state index < -0.39 is 70.4 Å². The summed E-state index contributed by atoms with van der Waals surface area (Å²) < 4.78 is 5.38. The molecule has 0 heterocycles. The number of carbonyl (C=O) groups excluding carboxylic acids is 6. The van der Waals surface area contributed by atoms with Crippen molar-refractivity contribution in [2.45, 2.75) is 92.6 Å². The van der Waals surface area contributed by atoms with Crippen LogP contribution in [0.25, 0.3) is 0 Å². The van der Waals surface area contributed by atoms with Crippen molar-refractivity contribution in [1.29, 1.82) is 0 Å². The maximum atomic E-state index is 13.2. The number of carbonyl (C=O) groups is 6. The molecule has 0 aliphatic heterocycles. The number of Topliss-reactive ketones (excluding diaryl/α,β-unsaturated/α-hetero) is 1. The fourth-order valence-electron chi connectivity index (χ4n) is 4.21. The lowest BCUT2D eigenvalue weighted by Crippen LogP contribution is -2.59. The fourth-order valence-corrected chi connectivity index (χ4v) is 4.21. The molecule has 4 amide bonds. The van der Waals surface area contributed by atoms with Crippen LogP contribution in [0.1, 0.15) is 88.6 Å². The third-order valence-electron chi connectivity index (χ3n) is 6.68. The summed E-state index contributed by atoms with van der Waals surface area (Å²) in [5.74, 6) is -4.41. The minimum Gasteiger partial charge on any atom is -0.456 e. The number of esters is 1. The zero-order valence-corrected chi connectivity index (χ0v) is 27.6. The van der Waals surface area contributed by atoms with Crippen molar-refractivity contribution in [3.05, 3.63) is 71.3 Å². The normalized spacial score (nSPS) is 13.6. The highest BCUT2D eigenvalue weighted by molar-refractivity contribution is 6.38. The summed E-state index contributed by atoms with van der Waals surface area (Å²) in [7, 11) is 0. The molecule has 0 aliphatic carbocycles. The van der Waals surface area contributed by atoms with Gasteiger partial charge in [0.05, 0.1) is 11.6 Å². The van der Waals surface area contributed by atoms with E-state index in [9.17, 15) is 28.8 Å². The minimum atomic E-state index is -1.17. The molecule has 0 radical (unpaired) electrons. The van der Waals surface area contributed by atoms with Gasteiger partial charge in [0.1, 0.15) is 17.7 Å². The van der Waals surface area contributed by atoms with Gasteiger partial charge >= 0.3 is 5.97 Å². The Kier molecular flexibility index (Phi) is 12.6. The molecule has 0 unspecified atom stereocenters. The predicted octanol–water partition coefficient (Wildman–Crippen LogP) is 3.32. The minimum absolute atomic E-state index is 0.0324. The number of benzene rings is 2. The maximum absolute atomic E-state index is 13.2. The molecule has 0 saturated carbocycles. The number of ketones is 1. The molecule has 0 saturated heterocycles. The molecule has 2 aromatic carbocycles. The maximum Gasteiger partial charge on any atom is 0.338 e. The second-order valence-corrected chi connectivity index (χ2v) is 13.3. The van der Waals surface area contributed by atoms with Crippen molar-refractivity contribution in [3.8, 4) is 0 Å². The van der Waals surface area contributed by atoms with Crippen molar-refractivity contribution < 1.29 is 33.5 Å². The molecule has 0 aromatic heterocycles. The molecule has 0 aliphatic rings. The Morgan fingerprint density at radius 2 is 1.33 bits per heavy atom. The first-order chi connectivity index (χ1) is 20.8. The molecule has 2 aromatic rings. The summed E-state index contributed by atoms with van der Waals surface area (Å²) in [4.78, 5) is 77.3. The Hall–Kier alpha value is -4.54. The average Bonchev–Trinajstić information content (AvgIpc) is 2.95. The van der Waals surface area contributed by atoms with Crippen LogP contribution in [-0.2, 0) is 30.5 Å². The molecule has 4 N–H and O–H groups in total. The molecule has 2 rings (SSSR count). The molecule has 11 heteroatoms. The number of nitrogens with one attached hydrogen (secondary N) is 4. The van der Waals surface area contributed by atoms with Crippen LogP contribution >= 0.6 is 0 Å². The van der Waals surface area contributed by atoms with E-state index in [1.54, 1.807) is 110 Å². The van der Waals surface area contributed by atoms with Crippen LogP contribution in [0.15, 0.2) is 54.6 Å². The van der Waals surface area contributed by atoms with E-state index in [1.165, 1.54) is 6.92 Å². The van der Waals surface area contributed by atoms with Crippen LogP contribution in [0, 0.1) is 11.3 Å². The van der Waals surface area contributed by atoms with E-state index in [-0.39, 0.29) is 6.54 Å². The number of hydrogen-bond acceptors (Lipinski definition) is 7. The second kappa shape index (κ2) is 15.5. The van der Waals surface area contributed by atoms with E-state index in [0.29, 0.717) is 16.7 Å². The van der Waals surface area contributed by atoms with Crippen LogP contribution in [0.5, 0.6) is 0 Å². The van der Waals surface area contributed by atoms with Crippen molar-refractivity contribution in [2.24, 2.45) is 11.3 Å². The Labute approximate surface area is 265 Å². The van der Waals surface area contributed by atoms with Gasteiger partial charge in [0.25, 0.3) is 11.8 Å². The molecule has 0 bridgehead atoms. The summed E-state index contributed by atoms with van der Waals surface area (Å²) >= 11 is 0. The Morgan fingerprint density at radius 1 is 0.733 bits per heavy atom. The van der Waals surface area contributed by atoms with Gasteiger partial charge in [-0.15, -0.1) is 0 Å². The summed E-state index contributed by atoms with van der Waals surface area (Å²) in [6.45, 7) is 15.4. The summed E-state index contributed by atoms with van der Waals surface area (Å²) in [5.41, 5.74) is -0.0890. The average molecular weight is 623 g/mol. The van der Waals surface area contributed by atoms with E-state index in [0.717, 1.165) is 0 Å².